The van der Waals surface area contributed by atoms with Crippen LogP contribution in [-0.4, -0.2) is 18.1 Å². The van der Waals surface area contributed by atoms with Crippen LogP contribution in [0.25, 0.3) is 0 Å². The van der Waals surface area contributed by atoms with Crippen molar-refractivity contribution in [3.8, 4) is 0 Å². The number of allylic oxidation sites excluding steroid dienone is 2. The van der Waals surface area contributed by atoms with Gasteiger partial charge in [-0.1, -0.05) is 28.1 Å². The molecule has 1 unspecified atom stereocenters. The SMILES string of the molecule is O=S(=O)=C1C=CC=C[N+]1([O-])Cc1cccc(Br)c1. The van der Waals surface area contributed by atoms with E-state index in [1.54, 1.807) is 24.3 Å². The molecule has 0 spiro atoms. The lowest BCUT2D eigenvalue weighted by Gasteiger charge is -2.37. The summed E-state index contributed by atoms with van der Waals surface area (Å²) in [6.07, 6.45) is 5.75. The predicted molar refractivity (Wildman–Crippen MR) is 73.7 cm³/mol. The summed E-state index contributed by atoms with van der Waals surface area (Å²) in [5, 5.41) is 12.5. The van der Waals surface area contributed by atoms with Crippen molar-refractivity contribution in [1.29, 1.82) is 0 Å². The average molecular weight is 328 g/mol. The number of rotatable bonds is 2. The number of benzene rings is 1. The molecule has 1 heterocycles. The van der Waals surface area contributed by atoms with Gasteiger partial charge in [0.1, 0.15) is 12.7 Å². The number of quaternary nitrogens is 1. The summed E-state index contributed by atoms with van der Waals surface area (Å²) in [7, 11) is -2.52. The standard InChI is InChI=1S/C12H10BrNO3S/c13-11-5-3-4-10(8-11)9-14(15)7-2-1-6-12(14)18(16)17/h1-8H,9H2. The van der Waals surface area contributed by atoms with Crippen LogP contribution in [0.15, 0.2) is 53.2 Å². The maximum absolute atomic E-state index is 12.5. The van der Waals surface area contributed by atoms with Gasteiger partial charge in [-0.2, -0.15) is 8.42 Å². The minimum atomic E-state index is -2.52. The number of hydrogen-bond acceptors (Lipinski definition) is 3. The zero-order valence-corrected chi connectivity index (χ0v) is 11.7. The summed E-state index contributed by atoms with van der Waals surface area (Å²) < 4.78 is 22.0. The highest BCUT2D eigenvalue weighted by molar-refractivity contribution is 9.10. The fourth-order valence-electron chi connectivity index (χ4n) is 1.75. The molecule has 1 aromatic rings. The van der Waals surface area contributed by atoms with E-state index in [1.165, 1.54) is 12.3 Å². The van der Waals surface area contributed by atoms with Crippen LogP contribution in [0.4, 0.5) is 0 Å². The summed E-state index contributed by atoms with van der Waals surface area (Å²) in [6, 6.07) is 7.25. The molecule has 0 radical (unpaired) electrons. The molecule has 0 aliphatic carbocycles. The van der Waals surface area contributed by atoms with Crippen molar-refractivity contribution >= 4 is 31.2 Å². The molecule has 18 heavy (non-hydrogen) atoms. The van der Waals surface area contributed by atoms with Crippen LogP contribution >= 0.6 is 15.9 Å². The molecule has 2 rings (SSSR count). The monoisotopic (exact) mass is 327 g/mol. The first-order valence-corrected chi connectivity index (χ1v) is 7.04. The first kappa shape index (κ1) is 13.2. The van der Waals surface area contributed by atoms with Crippen LogP contribution in [0.3, 0.4) is 0 Å². The highest BCUT2D eigenvalue weighted by Gasteiger charge is 2.24. The van der Waals surface area contributed by atoms with Crippen molar-refractivity contribution in [2.75, 3.05) is 0 Å². The van der Waals surface area contributed by atoms with Crippen LogP contribution in [0.2, 0.25) is 0 Å². The molecule has 0 N–H and O–H groups in total. The first-order valence-electron chi connectivity index (χ1n) is 5.17. The summed E-state index contributed by atoms with van der Waals surface area (Å²) >= 11 is 3.32. The van der Waals surface area contributed by atoms with E-state index >= 15 is 0 Å². The summed E-state index contributed by atoms with van der Waals surface area (Å²) in [5.41, 5.74) is 0.766. The van der Waals surface area contributed by atoms with Gasteiger partial charge >= 0.3 is 0 Å². The topological polar surface area (TPSA) is 57.2 Å². The van der Waals surface area contributed by atoms with Gasteiger partial charge in [0, 0.05) is 16.1 Å². The highest BCUT2D eigenvalue weighted by atomic mass is 79.9. The Bertz CT molecular complexity index is 656. The van der Waals surface area contributed by atoms with Crippen LogP contribution in [0.1, 0.15) is 5.56 Å². The van der Waals surface area contributed by atoms with Crippen molar-refractivity contribution < 1.29 is 13.1 Å². The molecule has 1 aromatic carbocycles. The molecule has 94 valence electrons. The van der Waals surface area contributed by atoms with Crippen molar-refractivity contribution in [2.45, 2.75) is 6.54 Å². The average Bonchev–Trinajstić information content (AvgIpc) is 2.28. The molecule has 0 saturated heterocycles. The summed E-state index contributed by atoms with van der Waals surface area (Å²) in [6.45, 7) is 0.0452. The zero-order chi connectivity index (χ0) is 13.2. The van der Waals surface area contributed by atoms with E-state index in [4.69, 9.17) is 0 Å². The highest BCUT2D eigenvalue weighted by Crippen LogP contribution is 2.21. The lowest BCUT2D eigenvalue weighted by atomic mass is 10.2. The second-order valence-electron chi connectivity index (χ2n) is 3.86. The van der Waals surface area contributed by atoms with Gasteiger partial charge in [-0.3, -0.25) is 4.65 Å². The van der Waals surface area contributed by atoms with Crippen molar-refractivity contribution in [3.63, 3.8) is 0 Å². The maximum Gasteiger partial charge on any atom is 0.277 e. The second kappa shape index (κ2) is 5.19. The van der Waals surface area contributed by atoms with Crippen LogP contribution in [0.5, 0.6) is 0 Å². The van der Waals surface area contributed by atoms with Crippen LogP contribution < -0.4 is 0 Å². The van der Waals surface area contributed by atoms with Crippen LogP contribution in [-0.2, 0) is 16.8 Å². The zero-order valence-electron chi connectivity index (χ0n) is 9.28. The van der Waals surface area contributed by atoms with Gasteiger partial charge in [0.25, 0.3) is 15.3 Å². The third kappa shape index (κ3) is 2.78. The fraction of sp³-hybridized carbons (Fsp3) is 0.0833. The van der Waals surface area contributed by atoms with E-state index in [9.17, 15) is 13.6 Å². The van der Waals surface area contributed by atoms with E-state index in [0.717, 1.165) is 10.0 Å². The Morgan fingerprint density at radius 3 is 2.72 bits per heavy atom. The first-order chi connectivity index (χ1) is 8.51. The van der Waals surface area contributed by atoms with Gasteiger partial charge in [0.15, 0.2) is 0 Å². The Labute approximate surface area is 115 Å². The maximum atomic E-state index is 12.5. The number of halogens is 1. The molecule has 4 nitrogen and oxygen atoms in total. The van der Waals surface area contributed by atoms with Gasteiger partial charge in [0.2, 0.25) is 0 Å². The van der Waals surface area contributed by atoms with E-state index in [2.05, 4.69) is 15.9 Å². The van der Waals surface area contributed by atoms with E-state index in [0.29, 0.717) is 0 Å². The van der Waals surface area contributed by atoms with Crippen molar-refractivity contribution in [3.05, 3.63) is 63.9 Å². The number of hydrogen-bond donors (Lipinski definition) is 0. The lowest BCUT2D eigenvalue weighted by Crippen LogP contribution is -2.42. The Morgan fingerprint density at radius 2 is 2.06 bits per heavy atom. The molecule has 0 bridgehead atoms. The van der Waals surface area contributed by atoms with Gasteiger partial charge in [-0.05, 0) is 24.3 Å². The van der Waals surface area contributed by atoms with E-state index < -0.39 is 14.9 Å². The number of hydroxylamine groups is 3. The molecule has 1 aliphatic rings. The smallest absolute Gasteiger partial charge is 0.277 e. The Kier molecular flexibility index (Phi) is 3.82. The Balaban J connectivity index is 2.40. The predicted octanol–water partition coefficient (Wildman–Crippen LogP) is 2.36. The third-order valence-corrected chi connectivity index (χ3v) is 3.81. The Morgan fingerprint density at radius 1 is 1.28 bits per heavy atom. The lowest BCUT2D eigenvalue weighted by molar-refractivity contribution is -0.744. The minimum Gasteiger partial charge on any atom is -0.621 e. The minimum absolute atomic E-state index is 0.0452. The molecule has 0 saturated carbocycles. The summed E-state index contributed by atoms with van der Waals surface area (Å²) in [4.78, 5) is -0.183. The number of nitrogens with zero attached hydrogens (tertiary/aromatic N) is 1. The fourth-order valence-corrected chi connectivity index (χ4v) is 2.76. The van der Waals surface area contributed by atoms with Gasteiger partial charge in [-0.15, -0.1) is 0 Å². The van der Waals surface area contributed by atoms with Crippen LogP contribution in [0, 0.1) is 5.21 Å². The van der Waals surface area contributed by atoms with E-state index in [-0.39, 0.29) is 11.5 Å². The summed E-state index contributed by atoms with van der Waals surface area (Å²) in [5.74, 6) is 0. The van der Waals surface area contributed by atoms with Gasteiger partial charge in [0.05, 0.1) is 0 Å². The molecular weight excluding hydrogens is 318 g/mol. The molecule has 0 aromatic heterocycles. The molecule has 1 aliphatic heterocycles. The quantitative estimate of drug-likeness (QED) is 0.476. The Hall–Kier alpha value is -1.21. The van der Waals surface area contributed by atoms with Crippen molar-refractivity contribution in [2.24, 2.45) is 0 Å². The molecule has 0 amide bonds. The van der Waals surface area contributed by atoms with E-state index in [1.807, 2.05) is 12.1 Å². The molecule has 0 fully saturated rings. The molecular formula is C12H10BrNO3S. The van der Waals surface area contributed by atoms with Crippen molar-refractivity contribution in [1.82, 2.24) is 0 Å². The normalized spacial score (nSPS) is 22.2. The molecule has 6 heteroatoms. The third-order valence-electron chi connectivity index (χ3n) is 2.53. The van der Waals surface area contributed by atoms with Gasteiger partial charge < -0.3 is 5.21 Å². The molecule has 1 atom stereocenters. The van der Waals surface area contributed by atoms with Gasteiger partial charge in [-0.25, -0.2) is 0 Å². The largest absolute Gasteiger partial charge is 0.621 e. The second-order valence-corrected chi connectivity index (χ2v) is 5.66.